The third-order valence-corrected chi connectivity index (χ3v) is 2.53. The monoisotopic (exact) mass is 247 g/mol. The van der Waals surface area contributed by atoms with E-state index in [1.54, 1.807) is 0 Å². The fourth-order valence-corrected chi connectivity index (χ4v) is 1.62. The number of hydrogen-bond acceptors (Lipinski definition) is 1. The maximum Gasteiger partial charge on any atom is 0.219 e. The molecule has 0 saturated carbocycles. The quantitative estimate of drug-likeness (QED) is 0.546. The van der Waals surface area contributed by atoms with Crippen molar-refractivity contribution in [1.29, 1.82) is 0 Å². The molecule has 1 rings (SSSR count). The summed E-state index contributed by atoms with van der Waals surface area (Å²) in [5, 5.41) is 0. The van der Waals surface area contributed by atoms with Crippen LogP contribution in [0.5, 0.6) is 0 Å². The van der Waals surface area contributed by atoms with Gasteiger partial charge in [-0.15, -0.1) is 0 Å². The second-order valence-electron chi connectivity index (χ2n) is 4.80. The first-order valence-electron chi connectivity index (χ1n) is 5.88. The number of hydrogen-bond donors (Lipinski definition) is 3. The molecular formula is C13H21N5. The van der Waals surface area contributed by atoms with Crippen LogP contribution in [0.3, 0.4) is 0 Å². The van der Waals surface area contributed by atoms with E-state index >= 15 is 0 Å². The van der Waals surface area contributed by atoms with Crippen LogP contribution in [0.25, 0.3) is 0 Å². The maximum atomic E-state index is 5.63. The first kappa shape index (κ1) is 14.0. The van der Waals surface area contributed by atoms with Gasteiger partial charge in [0.1, 0.15) is 0 Å². The lowest BCUT2D eigenvalue weighted by molar-refractivity contribution is 0.479. The molecule has 0 bridgehead atoms. The number of aryl methyl sites for hydroxylation is 1. The summed E-state index contributed by atoms with van der Waals surface area (Å²) in [6, 6.07) is 10.3. The van der Waals surface area contributed by atoms with E-state index in [9.17, 15) is 0 Å². The van der Waals surface area contributed by atoms with Gasteiger partial charge in [-0.05, 0) is 32.3 Å². The summed E-state index contributed by atoms with van der Waals surface area (Å²) < 4.78 is 0. The van der Waals surface area contributed by atoms with Crippen LogP contribution in [-0.4, -0.2) is 17.5 Å². The summed E-state index contributed by atoms with van der Waals surface area (Å²) in [4.78, 5) is 8.03. The van der Waals surface area contributed by atoms with E-state index in [1.807, 2.05) is 32.0 Å². The molecule has 0 atom stereocenters. The molecule has 5 nitrogen and oxygen atoms in total. The van der Waals surface area contributed by atoms with Gasteiger partial charge in [-0.2, -0.15) is 4.99 Å². The second-order valence-corrected chi connectivity index (χ2v) is 4.80. The van der Waals surface area contributed by atoms with Crippen LogP contribution in [0.2, 0.25) is 0 Å². The topological polar surface area (TPSA) is 103 Å². The summed E-state index contributed by atoms with van der Waals surface area (Å²) in [5.41, 5.74) is 17.1. The minimum atomic E-state index is -0.293. The van der Waals surface area contributed by atoms with E-state index in [1.165, 1.54) is 5.56 Å². The highest BCUT2D eigenvalue weighted by molar-refractivity contribution is 5.92. The summed E-state index contributed by atoms with van der Waals surface area (Å²) >= 11 is 0. The molecule has 0 heterocycles. The minimum absolute atomic E-state index is 0.0740. The fraction of sp³-hybridized carbons (Fsp3) is 0.385. The Hall–Kier alpha value is -2.04. The third-order valence-electron chi connectivity index (χ3n) is 2.53. The molecule has 1 aromatic carbocycles. The van der Waals surface area contributed by atoms with Crippen LogP contribution in [0.1, 0.15) is 25.8 Å². The van der Waals surface area contributed by atoms with Gasteiger partial charge in [0.25, 0.3) is 0 Å². The van der Waals surface area contributed by atoms with Gasteiger partial charge >= 0.3 is 0 Å². The van der Waals surface area contributed by atoms with Crippen molar-refractivity contribution in [2.24, 2.45) is 27.2 Å². The molecule has 0 fully saturated rings. The molecule has 0 aromatic heterocycles. The zero-order valence-electron chi connectivity index (χ0n) is 10.9. The molecule has 0 spiro atoms. The molecule has 6 N–H and O–H groups in total. The molecule has 0 amide bonds. The molecule has 0 saturated heterocycles. The molecule has 1 aromatic rings. The highest BCUT2D eigenvalue weighted by Gasteiger charge is 2.16. The van der Waals surface area contributed by atoms with E-state index < -0.39 is 0 Å². The largest absolute Gasteiger partial charge is 0.370 e. The van der Waals surface area contributed by atoms with Gasteiger partial charge in [-0.3, -0.25) is 0 Å². The van der Waals surface area contributed by atoms with Crippen LogP contribution in [-0.2, 0) is 6.42 Å². The molecule has 0 unspecified atom stereocenters. The van der Waals surface area contributed by atoms with Gasteiger partial charge in [-0.25, -0.2) is 4.99 Å². The Morgan fingerprint density at radius 3 is 2.28 bits per heavy atom. The third kappa shape index (κ3) is 5.34. The lowest BCUT2D eigenvalue weighted by Crippen LogP contribution is -2.29. The van der Waals surface area contributed by atoms with Crippen molar-refractivity contribution in [2.45, 2.75) is 32.2 Å². The molecule has 98 valence electrons. The smallest absolute Gasteiger partial charge is 0.219 e. The standard InChI is InChI=1S/C13H21N5/c1-13(2,18-12(16)17-11(14)15)9-8-10-6-4-3-5-7-10/h3-7H,8-9H2,1-2H3,(H6,14,15,16,17,18). The van der Waals surface area contributed by atoms with Crippen molar-refractivity contribution in [3.8, 4) is 0 Å². The molecule has 5 heteroatoms. The van der Waals surface area contributed by atoms with Crippen molar-refractivity contribution in [3.05, 3.63) is 35.9 Å². The normalized spacial score (nSPS) is 12.2. The number of guanidine groups is 2. The van der Waals surface area contributed by atoms with Crippen molar-refractivity contribution in [2.75, 3.05) is 0 Å². The number of rotatable bonds is 4. The highest BCUT2D eigenvalue weighted by Crippen LogP contribution is 2.17. The van der Waals surface area contributed by atoms with Gasteiger partial charge in [0, 0.05) is 0 Å². The van der Waals surface area contributed by atoms with Gasteiger partial charge in [0.05, 0.1) is 5.54 Å². The minimum Gasteiger partial charge on any atom is -0.370 e. The second kappa shape index (κ2) is 6.05. The Balaban J connectivity index is 2.62. The highest BCUT2D eigenvalue weighted by atomic mass is 15.1. The number of nitrogens with two attached hydrogens (primary N) is 3. The van der Waals surface area contributed by atoms with E-state index in [-0.39, 0.29) is 17.5 Å². The zero-order chi connectivity index (χ0) is 13.6. The Bertz CT molecular complexity index is 430. The number of benzene rings is 1. The Morgan fingerprint density at radius 1 is 1.11 bits per heavy atom. The molecular weight excluding hydrogens is 226 g/mol. The van der Waals surface area contributed by atoms with Crippen LogP contribution >= 0.6 is 0 Å². The van der Waals surface area contributed by atoms with Gasteiger partial charge < -0.3 is 17.2 Å². The van der Waals surface area contributed by atoms with E-state index in [2.05, 4.69) is 22.1 Å². The van der Waals surface area contributed by atoms with E-state index in [4.69, 9.17) is 17.2 Å². The van der Waals surface area contributed by atoms with Crippen LogP contribution in [0.15, 0.2) is 40.3 Å². The van der Waals surface area contributed by atoms with Crippen LogP contribution in [0.4, 0.5) is 0 Å². The predicted octanol–water partition coefficient (Wildman–Crippen LogP) is 0.986. The maximum absolute atomic E-state index is 5.63. The number of nitrogens with zero attached hydrogens (tertiary/aromatic N) is 2. The molecule has 0 radical (unpaired) electrons. The average molecular weight is 247 g/mol. The first-order valence-corrected chi connectivity index (χ1v) is 5.88. The van der Waals surface area contributed by atoms with Crippen molar-refractivity contribution in [3.63, 3.8) is 0 Å². The van der Waals surface area contributed by atoms with E-state index in [0.717, 1.165) is 12.8 Å². The van der Waals surface area contributed by atoms with Gasteiger partial charge in [0.2, 0.25) is 5.96 Å². The molecule has 0 aliphatic rings. The molecule has 0 aliphatic heterocycles. The Morgan fingerprint density at radius 2 is 1.72 bits per heavy atom. The van der Waals surface area contributed by atoms with Gasteiger partial charge in [0.15, 0.2) is 5.96 Å². The van der Waals surface area contributed by atoms with E-state index in [0.29, 0.717) is 0 Å². The summed E-state index contributed by atoms with van der Waals surface area (Å²) in [5.74, 6) is 0.0446. The zero-order valence-corrected chi connectivity index (χ0v) is 10.9. The summed E-state index contributed by atoms with van der Waals surface area (Å²) in [6.07, 6.45) is 1.81. The van der Waals surface area contributed by atoms with Crippen molar-refractivity contribution >= 4 is 11.9 Å². The Kier molecular flexibility index (Phi) is 4.71. The van der Waals surface area contributed by atoms with Crippen molar-refractivity contribution < 1.29 is 0 Å². The predicted molar refractivity (Wildman–Crippen MR) is 76.3 cm³/mol. The lowest BCUT2D eigenvalue weighted by atomic mass is 9.96. The Labute approximate surface area is 108 Å². The number of aliphatic imine (C=N–C) groups is 2. The van der Waals surface area contributed by atoms with Crippen molar-refractivity contribution in [1.82, 2.24) is 0 Å². The lowest BCUT2D eigenvalue weighted by Gasteiger charge is -2.19. The molecule has 0 aliphatic carbocycles. The van der Waals surface area contributed by atoms with Crippen LogP contribution < -0.4 is 17.2 Å². The SMILES string of the molecule is CC(C)(CCc1ccccc1)N=C(N)N=C(N)N. The van der Waals surface area contributed by atoms with Gasteiger partial charge in [-0.1, -0.05) is 30.3 Å². The first-order chi connectivity index (χ1) is 8.39. The average Bonchev–Trinajstić information content (AvgIpc) is 2.26. The fourth-order valence-electron chi connectivity index (χ4n) is 1.62. The molecule has 18 heavy (non-hydrogen) atoms. The summed E-state index contributed by atoms with van der Waals surface area (Å²) in [7, 11) is 0. The van der Waals surface area contributed by atoms with Crippen LogP contribution in [0, 0.1) is 0 Å². The summed E-state index contributed by atoms with van der Waals surface area (Å²) in [6.45, 7) is 4.01.